The van der Waals surface area contributed by atoms with Crippen LogP contribution in [0.3, 0.4) is 0 Å². The van der Waals surface area contributed by atoms with Crippen LogP contribution < -0.4 is 0 Å². The average molecular weight is 335 g/mol. The van der Waals surface area contributed by atoms with Crippen LogP contribution >= 0.6 is 0 Å². The monoisotopic (exact) mass is 335 g/mol. The summed E-state index contributed by atoms with van der Waals surface area (Å²) in [4.78, 5) is 4.69. The molecule has 0 saturated heterocycles. The summed E-state index contributed by atoms with van der Waals surface area (Å²) < 4.78 is 26.6. The van der Waals surface area contributed by atoms with Crippen molar-refractivity contribution in [3.8, 4) is 0 Å². The van der Waals surface area contributed by atoms with Gasteiger partial charge >= 0.3 is 0 Å². The zero-order chi connectivity index (χ0) is 17.7. The highest BCUT2D eigenvalue weighted by molar-refractivity contribution is 5.85. The molecular formula is C21H31F2N. The number of rotatable bonds is 5. The molecule has 0 aromatic rings. The van der Waals surface area contributed by atoms with E-state index in [0.717, 1.165) is 25.0 Å². The molecule has 0 radical (unpaired) electrons. The van der Waals surface area contributed by atoms with E-state index in [1.54, 1.807) is 0 Å². The molecule has 0 heterocycles. The molecule has 1 atom stereocenters. The topological polar surface area (TPSA) is 12.4 Å². The van der Waals surface area contributed by atoms with Gasteiger partial charge in [-0.1, -0.05) is 36.6 Å². The number of hydrogen-bond donors (Lipinski definition) is 0. The molecule has 134 valence electrons. The molecule has 1 nitrogen and oxygen atoms in total. The lowest BCUT2D eigenvalue weighted by atomic mass is 9.83. The maximum Gasteiger partial charge on any atom is 0.248 e. The van der Waals surface area contributed by atoms with Gasteiger partial charge in [-0.25, -0.2) is 8.78 Å². The molecule has 1 unspecified atom stereocenters. The Balaban J connectivity index is 2.06. The summed E-state index contributed by atoms with van der Waals surface area (Å²) >= 11 is 0. The molecule has 0 N–H and O–H groups in total. The van der Waals surface area contributed by atoms with Crippen LogP contribution in [0.5, 0.6) is 0 Å². The zero-order valence-corrected chi connectivity index (χ0v) is 15.5. The summed E-state index contributed by atoms with van der Waals surface area (Å²) in [5.41, 5.74) is 5.19. The Hall–Kier alpha value is -1.25. The minimum absolute atomic E-state index is 0.00465. The molecule has 0 aromatic heterocycles. The van der Waals surface area contributed by atoms with Crippen molar-refractivity contribution >= 4 is 5.71 Å². The van der Waals surface area contributed by atoms with Gasteiger partial charge in [-0.15, -0.1) is 0 Å². The Labute approximate surface area is 145 Å². The summed E-state index contributed by atoms with van der Waals surface area (Å²) in [6.07, 6.45) is 10.9. The van der Waals surface area contributed by atoms with Gasteiger partial charge in [0, 0.05) is 30.7 Å². The summed E-state index contributed by atoms with van der Waals surface area (Å²) in [6.45, 7) is 8.55. The normalized spacial score (nSPS) is 26.2. The quantitative estimate of drug-likeness (QED) is 0.486. The maximum absolute atomic E-state index is 13.3. The SMILES string of the molecule is CCC/C(=C\N=C(C)C1CCC(F)(F)CC1)C1C=CC(C)=C(C)C1. The fourth-order valence-electron chi connectivity index (χ4n) is 3.60. The molecule has 0 aromatic carbocycles. The van der Waals surface area contributed by atoms with E-state index in [1.807, 2.05) is 13.1 Å². The lowest BCUT2D eigenvalue weighted by Crippen LogP contribution is -2.27. The molecule has 0 bridgehead atoms. The molecule has 0 spiro atoms. The van der Waals surface area contributed by atoms with E-state index < -0.39 is 5.92 Å². The number of allylic oxidation sites excluding steroid dienone is 5. The summed E-state index contributed by atoms with van der Waals surface area (Å²) in [7, 11) is 0. The minimum Gasteiger partial charge on any atom is -0.266 e. The minimum atomic E-state index is -2.46. The molecule has 2 aliphatic carbocycles. The zero-order valence-electron chi connectivity index (χ0n) is 15.5. The number of alkyl halides is 2. The van der Waals surface area contributed by atoms with Crippen molar-refractivity contribution < 1.29 is 8.78 Å². The van der Waals surface area contributed by atoms with Crippen molar-refractivity contribution in [2.75, 3.05) is 0 Å². The summed E-state index contributed by atoms with van der Waals surface area (Å²) in [5, 5.41) is 0. The van der Waals surface area contributed by atoms with Crippen molar-refractivity contribution in [2.24, 2.45) is 16.8 Å². The maximum atomic E-state index is 13.3. The molecule has 1 saturated carbocycles. The molecule has 3 heteroatoms. The van der Waals surface area contributed by atoms with Gasteiger partial charge < -0.3 is 0 Å². The number of halogens is 2. The molecule has 2 rings (SSSR count). The standard InChI is InChI=1S/C21H31F2N/c1-5-6-20(19-8-7-15(2)16(3)13-19)14-24-17(4)18-9-11-21(22,23)12-10-18/h7-8,14,18-19H,5-6,9-13H2,1-4H3/b20-14+,24-17?. The first kappa shape index (κ1) is 19.1. The van der Waals surface area contributed by atoms with Gasteiger partial charge in [0.1, 0.15) is 0 Å². The van der Waals surface area contributed by atoms with E-state index in [2.05, 4.69) is 32.9 Å². The van der Waals surface area contributed by atoms with Crippen LogP contribution in [0.15, 0.2) is 40.1 Å². The van der Waals surface area contributed by atoms with Crippen LogP contribution in [0.4, 0.5) is 8.78 Å². The first-order valence-electron chi connectivity index (χ1n) is 9.28. The third-order valence-electron chi connectivity index (χ3n) is 5.53. The molecule has 24 heavy (non-hydrogen) atoms. The van der Waals surface area contributed by atoms with E-state index in [4.69, 9.17) is 4.99 Å². The highest BCUT2D eigenvalue weighted by atomic mass is 19.3. The van der Waals surface area contributed by atoms with Crippen molar-refractivity contribution in [3.63, 3.8) is 0 Å². The van der Waals surface area contributed by atoms with E-state index >= 15 is 0 Å². The van der Waals surface area contributed by atoms with Crippen molar-refractivity contribution in [1.82, 2.24) is 0 Å². The highest BCUT2D eigenvalue weighted by Gasteiger charge is 2.35. The first-order valence-corrected chi connectivity index (χ1v) is 9.28. The average Bonchev–Trinajstić information content (AvgIpc) is 2.54. The molecule has 1 fully saturated rings. The van der Waals surface area contributed by atoms with Crippen molar-refractivity contribution in [2.45, 2.75) is 78.6 Å². The van der Waals surface area contributed by atoms with Crippen molar-refractivity contribution in [3.05, 3.63) is 35.1 Å². The Kier molecular flexibility index (Phi) is 6.54. The molecule has 0 amide bonds. The second-order valence-corrected chi connectivity index (χ2v) is 7.49. The second-order valence-electron chi connectivity index (χ2n) is 7.49. The predicted molar refractivity (Wildman–Crippen MR) is 98.6 cm³/mol. The van der Waals surface area contributed by atoms with Gasteiger partial charge in [0.2, 0.25) is 5.92 Å². The lowest BCUT2D eigenvalue weighted by Gasteiger charge is -2.28. The van der Waals surface area contributed by atoms with Crippen molar-refractivity contribution in [1.29, 1.82) is 0 Å². The van der Waals surface area contributed by atoms with Gasteiger partial charge in [-0.05, 0) is 57.9 Å². The Bertz CT molecular complexity index is 556. The van der Waals surface area contributed by atoms with Gasteiger partial charge in [-0.3, -0.25) is 4.99 Å². The smallest absolute Gasteiger partial charge is 0.248 e. The first-order chi connectivity index (χ1) is 11.3. The predicted octanol–water partition coefficient (Wildman–Crippen LogP) is 6.87. The lowest BCUT2D eigenvalue weighted by molar-refractivity contribution is -0.0394. The van der Waals surface area contributed by atoms with Crippen LogP contribution in [0.2, 0.25) is 0 Å². The van der Waals surface area contributed by atoms with Crippen LogP contribution in [-0.4, -0.2) is 11.6 Å². The van der Waals surface area contributed by atoms with E-state index in [-0.39, 0.29) is 18.8 Å². The molecular weight excluding hydrogens is 304 g/mol. The van der Waals surface area contributed by atoms with Gasteiger partial charge in [-0.2, -0.15) is 0 Å². The van der Waals surface area contributed by atoms with Gasteiger partial charge in [0.25, 0.3) is 0 Å². The van der Waals surface area contributed by atoms with Gasteiger partial charge in [0.05, 0.1) is 0 Å². The summed E-state index contributed by atoms with van der Waals surface area (Å²) in [5.74, 6) is -1.82. The Morgan fingerprint density at radius 1 is 1.29 bits per heavy atom. The fraction of sp³-hybridized carbons (Fsp3) is 0.667. The van der Waals surface area contributed by atoms with Crippen LogP contribution in [0.25, 0.3) is 0 Å². The van der Waals surface area contributed by atoms with Crippen LogP contribution in [0, 0.1) is 11.8 Å². The Morgan fingerprint density at radius 2 is 1.96 bits per heavy atom. The number of aliphatic imine (C=N–C) groups is 1. The highest BCUT2D eigenvalue weighted by Crippen LogP contribution is 2.37. The van der Waals surface area contributed by atoms with Crippen LogP contribution in [-0.2, 0) is 0 Å². The van der Waals surface area contributed by atoms with E-state index in [9.17, 15) is 8.78 Å². The third-order valence-corrected chi connectivity index (χ3v) is 5.53. The Morgan fingerprint density at radius 3 is 2.54 bits per heavy atom. The summed E-state index contributed by atoms with van der Waals surface area (Å²) in [6, 6.07) is 0. The van der Waals surface area contributed by atoms with Gasteiger partial charge in [0.15, 0.2) is 0 Å². The third kappa shape index (κ3) is 5.12. The van der Waals surface area contributed by atoms with Crippen LogP contribution in [0.1, 0.15) is 72.6 Å². The van der Waals surface area contributed by atoms with E-state index in [0.29, 0.717) is 18.8 Å². The second kappa shape index (κ2) is 8.22. The molecule has 2 aliphatic rings. The largest absolute Gasteiger partial charge is 0.266 e. The fourth-order valence-corrected chi connectivity index (χ4v) is 3.60. The number of nitrogens with zero attached hydrogens (tertiary/aromatic N) is 1. The molecule has 0 aliphatic heterocycles. The van der Waals surface area contributed by atoms with E-state index in [1.165, 1.54) is 16.7 Å². The number of hydrogen-bond acceptors (Lipinski definition) is 1.